The maximum Gasteiger partial charge on any atom is 0.168 e. The summed E-state index contributed by atoms with van der Waals surface area (Å²) in [5, 5.41) is 31.2. The topological polar surface area (TPSA) is 128 Å². The minimum absolute atomic E-state index is 0.457. The predicted molar refractivity (Wildman–Crippen MR) is 47.7 cm³/mol. The number of rotatable bonds is 3. The first-order valence-electron chi connectivity index (χ1n) is 4.35. The second-order valence-electron chi connectivity index (χ2n) is 3.14. The molecule has 0 spiro atoms. The lowest BCUT2D eigenvalue weighted by Gasteiger charge is -2.39. The number of hydrogen-bond acceptors (Lipinski definition) is 6. The van der Waals surface area contributed by atoms with Gasteiger partial charge >= 0.3 is 0 Å². The number of nitrogens with zero attached hydrogens (tertiary/aromatic N) is 3. The summed E-state index contributed by atoms with van der Waals surface area (Å²) in [5.41, 5.74) is 8.26. The van der Waals surface area contributed by atoms with Gasteiger partial charge in [0.2, 0.25) is 0 Å². The lowest BCUT2D eigenvalue weighted by molar-refractivity contribution is -0.257. The predicted octanol–water partition coefficient (Wildman–Crippen LogP) is -1.25. The molecule has 86 valence electrons. The number of methoxy groups -OCH3 is 1. The molecule has 15 heavy (non-hydrogen) atoms. The molecule has 0 unspecified atom stereocenters. The van der Waals surface area contributed by atoms with Gasteiger partial charge in [-0.1, -0.05) is 5.11 Å². The standard InChI is InChI=1S/C7H13N3O5/c1-14-7-4(9-10-8)6(13)5(12)3(2-11)15-7/h3-7,11-13H,2H2,1H3/t3-,4-,5+,6-,7+/m0/s1. The van der Waals surface area contributed by atoms with Crippen LogP contribution in [-0.4, -0.2) is 59.7 Å². The Bertz CT molecular complexity index is 255. The van der Waals surface area contributed by atoms with E-state index >= 15 is 0 Å². The molecule has 1 aliphatic rings. The van der Waals surface area contributed by atoms with Crippen LogP contribution < -0.4 is 0 Å². The fourth-order valence-electron chi connectivity index (χ4n) is 1.44. The highest BCUT2D eigenvalue weighted by atomic mass is 16.7. The molecule has 0 radical (unpaired) electrons. The third-order valence-corrected chi connectivity index (χ3v) is 2.27. The second-order valence-corrected chi connectivity index (χ2v) is 3.14. The van der Waals surface area contributed by atoms with Crippen LogP contribution in [0.2, 0.25) is 0 Å². The van der Waals surface area contributed by atoms with Crippen molar-refractivity contribution in [2.45, 2.75) is 30.6 Å². The Balaban J connectivity index is 2.83. The van der Waals surface area contributed by atoms with Gasteiger partial charge in [-0.3, -0.25) is 0 Å². The zero-order chi connectivity index (χ0) is 11.4. The van der Waals surface area contributed by atoms with Crippen molar-refractivity contribution in [3.05, 3.63) is 10.4 Å². The largest absolute Gasteiger partial charge is 0.394 e. The van der Waals surface area contributed by atoms with Crippen molar-refractivity contribution in [3.8, 4) is 0 Å². The summed E-state index contributed by atoms with van der Waals surface area (Å²) in [6.45, 7) is -0.457. The number of aliphatic hydroxyl groups excluding tert-OH is 3. The third kappa shape index (κ3) is 2.37. The zero-order valence-electron chi connectivity index (χ0n) is 8.09. The molecule has 0 aromatic heterocycles. The lowest BCUT2D eigenvalue weighted by Crippen LogP contribution is -2.58. The zero-order valence-corrected chi connectivity index (χ0v) is 8.09. The van der Waals surface area contributed by atoms with E-state index in [9.17, 15) is 10.2 Å². The fourth-order valence-corrected chi connectivity index (χ4v) is 1.44. The van der Waals surface area contributed by atoms with Crippen LogP contribution in [0.3, 0.4) is 0 Å². The maximum atomic E-state index is 9.59. The molecule has 5 atom stereocenters. The summed E-state index contributed by atoms with van der Waals surface area (Å²) < 4.78 is 9.92. The molecule has 8 nitrogen and oxygen atoms in total. The van der Waals surface area contributed by atoms with Gasteiger partial charge in [-0.2, -0.15) is 0 Å². The number of azide groups is 1. The van der Waals surface area contributed by atoms with Gasteiger partial charge in [-0.05, 0) is 5.53 Å². The molecule has 1 fully saturated rings. The van der Waals surface area contributed by atoms with Crippen molar-refractivity contribution in [3.63, 3.8) is 0 Å². The Morgan fingerprint density at radius 3 is 2.60 bits per heavy atom. The summed E-state index contributed by atoms with van der Waals surface area (Å²) in [6.07, 6.45) is -4.56. The van der Waals surface area contributed by atoms with Crippen molar-refractivity contribution >= 4 is 0 Å². The van der Waals surface area contributed by atoms with Gasteiger partial charge in [0.25, 0.3) is 0 Å². The summed E-state index contributed by atoms with van der Waals surface area (Å²) in [5.74, 6) is 0. The summed E-state index contributed by atoms with van der Waals surface area (Å²) >= 11 is 0. The van der Waals surface area contributed by atoms with E-state index in [0.717, 1.165) is 0 Å². The van der Waals surface area contributed by atoms with Crippen molar-refractivity contribution in [2.24, 2.45) is 5.11 Å². The molecule has 1 rings (SSSR count). The van der Waals surface area contributed by atoms with E-state index in [2.05, 4.69) is 10.0 Å². The second kappa shape index (κ2) is 5.26. The molecule has 0 aliphatic carbocycles. The molecule has 0 aromatic rings. The molecule has 1 heterocycles. The molecule has 1 aliphatic heterocycles. The molecular weight excluding hydrogens is 206 g/mol. The molecule has 0 bridgehead atoms. The van der Waals surface area contributed by atoms with E-state index in [1.54, 1.807) is 0 Å². The molecule has 0 aromatic carbocycles. The van der Waals surface area contributed by atoms with Crippen LogP contribution in [0.1, 0.15) is 0 Å². The Kier molecular flexibility index (Phi) is 4.28. The van der Waals surface area contributed by atoms with E-state index in [1.165, 1.54) is 7.11 Å². The van der Waals surface area contributed by atoms with Gasteiger partial charge in [0, 0.05) is 12.0 Å². The van der Waals surface area contributed by atoms with Gasteiger partial charge in [0.05, 0.1) is 12.7 Å². The van der Waals surface area contributed by atoms with Crippen molar-refractivity contribution in [1.29, 1.82) is 0 Å². The van der Waals surface area contributed by atoms with E-state index < -0.39 is 37.3 Å². The van der Waals surface area contributed by atoms with E-state index in [1.807, 2.05) is 0 Å². The van der Waals surface area contributed by atoms with Crippen LogP contribution in [0.4, 0.5) is 0 Å². The Morgan fingerprint density at radius 2 is 2.13 bits per heavy atom. The van der Waals surface area contributed by atoms with Crippen LogP contribution in [0, 0.1) is 0 Å². The first kappa shape index (κ1) is 12.2. The van der Waals surface area contributed by atoms with Crippen LogP contribution in [0.15, 0.2) is 5.11 Å². The number of hydrogen-bond donors (Lipinski definition) is 3. The highest BCUT2D eigenvalue weighted by Crippen LogP contribution is 2.23. The third-order valence-electron chi connectivity index (χ3n) is 2.27. The molecule has 8 heteroatoms. The highest BCUT2D eigenvalue weighted by molar-refractivity contribution is 4.93. The number of ether oxygens (including phenoxy) is 2. The van der Waals surface area contributed by atoms with Gasteiger partial charge < -0.3 is 24.8 Å². The maximum absolute atomic E-state index is 9.59. The summed E-state index contributed by atoms with van der Waals surface area (Å²) in [7, 11) is 1.31. The first-order chi connectivity index (χ1) is 7.15. The summed E-state index contributed by atoms with van der Waals surface area (Å²) in [4.78, 5) is 2.52. The Hall–Kier alpha value is -0.890. The average molecular weight is 219 g/mol. The van der Waals surface area contributed by atoms with Crippen LogP contribution >= 0.6 is 0 Å². The normalized spacial score (nSPS) is 40.9. The molecule has 3 N–H and O–H groups in total. The monoisotopic (exact) mass is 219 g/mol. The average Bonchev–Trinajstić information content (AvgIpc) is 2.25. The van der Waals surface area contributed by atoms with Crippen LogP contribution in [0.5, 0.6) is 0 Å². The SMILES string of the molecule is CO[C@@H]1O[C@@H](CO)[C@@H](O)[C@@H](O)[C@@H]1N=[N+]=[N-]. The molecule has 0 saturated carbocycles. The lowest BCUT2D eigenvalue weighted by atomic mass is 9.98. The summed E-state index contributed by atoms with van der Waals surface area (Å²) in [6, 6.07) is -1.03. The molecular formula is C7H13N3O5. The first-order valence-corrected chi connectivity index (χ1v) is 4.35. The van der Waals surface area contributed by atoms with E-state index in [0.29, 0.717) is 0 Å². The van der Waals surface area contributed by atoms with E-state index in [-0.39, 0.29) is 0 Å². The minimum Gasteiger partial charge on any atom is -0.394 e. The Morgan fingerprint density at radius 1 is 1.47 bits per heavy atom. The van der Waals surface area contributed by atoms with Gasteiger partial charge in [0.15, 0.2) is 6.29 Å². The van der Waals surface area contributed by atoms with Crippen molar-refractivity contribution < 1.29 is 24.8 Å². The Labute approximate surface area is 85.7 Å². The molecule has 0 amide bonds. The minimum atomic E-state index is -1.32. The fraction of sp³-hybridized carbons (Fsp3) is 1.00. The number of aliphatic hydroxyl groups is 3. The van der Waals surface area contributed by atoms with Crippen molar-refractivity contribution in [2.75, 3.05) is 13.7 Å². The van der Waals surface area contributed by atoms with Gasteiger partial charge in [0.1, 0.15) is 18.2 Å². The highest BCUT2D eigenvalue weighted by Gasteiger charge is 2.43. The smallest absolute Gasteiger partial charge is 0.168 e. The van der Waals surface area contributed by atoms with Gasteiger partial charge in [-0.25, -0.2) is 0 Å². The van der Waals surface area contributed by atoms with Crippen molar-refractivity contribution in [1.82, 2.24) is 0 Å². The van der Waals surface area contributed by atoms with E-state index in [4.69, 9.17) is 20.1 Å². The van der Waals surface area contributed by atoms with Gasteiger partial charge in [-0.15, -0.1) is 0 Å². The van der Waals surface area contributed by atoms with Crippen LogP contribution in [-0.2, 0) is 9.47 Å². The quantitative estimate of drug-likeness (QED) is 0.310. The van der Waals surface area contributed by atoms with Crippen LogP contribution in [0.25, 0.3) is 10.4 Å². The molecule has 1 saturated heterocycles.